The van der Waals surface area contributed by atoms with Crippen LogP contribution in [0.1, 0.15) is 37.8 Å². The molecule has 1 N–H and O–H groups in total. The molecule has 0 radical (unpaired) electrons. The van der Waals surface area contributed by atoms with Crippen molar-refractivity contribution in [1.82, 2.24) is 5.32 Å². The number of ether oxygens (including phenoxy) is 1. The summed E-state index contributed by atoms with van der Waals surface area (Å²) in [5.74, 6) is 0. The maximum atomic E-state index is 8.81. The van der Waals surface area contributed by atoms with Gasteiger partial charge in [0, 0.05) is 24.2 Å². The molecule has 1 unspecified atom stereocenters. The Labute approximate surface area is 119 Å². The summed E-state index contributed by atoms with van der Waals surface area (Å²) >= 11 is 6.17. The van der Waals surface area contributed by atoms with Crippen LogP contribution in [0.2, 0.25) is 5.02 Å². The monoisotopic (exact) mass is 278 g/mol. The molecule has 1 aromatic carbocycles. The molecule has 1 saturated heterocycles. The standard InChI is InChI=1S/C15H19ClN2O/c1-15(2)8-13(5-6-19-15)18-10-12-4-3-11(9-17)7-14(12)16/h3-4,7,13,18H,5-6,8,10H2,1-2H3. The van der Waals surface area contributed by atoms with Crippen molar-refractivity contribution in [1.29, 1.82) is 5.26 Å². The number of hydrogen-bond acceptors (Lipinski definition) is 3. The third-order valence-corrected chi connectivity index (χ3v) is 3.81. The van der Waals surface area contributed by atoms with Gasteiger partial charge in [-0.2, -0.15) is 5.26 Å². The second-order valence-electron chi connectivity index (χ2n) is 5.60. The van der Waals surface area contributed by atoms with E-state index in [1.165, 1.54) is 0 Å². The lowest BCUT2D eigenvalue weighted by molar-refractivity contribution is -0.0630. The summed E-state index contributed by atoms with van der Waals surface area (Å²) in [7, 11) is 0. The fourth-order valence-corrected chi connectivity index (χ4v) is 2.67. The van der Waals surface area contributed by atoms with E-state index in [4.69, 9.17) is 21.6 Å². The molecule has 0 aromatic heterocycles. The SMILES string of the molecule is CC1(C)CC(NCc2ccc(C#N)cc2Cl)CCO1. The summed E-state index contributed by atoms with van der Waals surface area (Å²) in [6.07, 6.45) is 2.03. The maximum absolute atomic E-state index is 8.81. The largest absolute Gasteiger partial charge is 0.375 e. The van der Waals surface area contributed by atoms with Gasteiger partial charge in [-0.25, -0.2) is 0 Å². The second-order valence-corrected chi connectivity index (χ2v) is 6.00. The van der Waals surface area contributed by atoms with Gasteiger partial charge in [0.2, 0.25) is 0 Å². The fraction of sp³-hybridized carbons (Fsp3) is 0.533. The van der Waals surface area contributed by atoms with Crippen LogP contribution in [-0.2, 0) is 11.3 Å². The van der Waals surface area contributed by atoms with Crippen molar-refractivity contribution in [2.75, 3.05) is 6.61 Å². The summed E-state index contributed by atoms with van der Waals surface area (Å²) in [4.78, 5) is 0. The molecule has 0 spiro atoms. The summed E-state index contributed by atoms with van der Waals surface area (Å²) in [5, 5.41) is 13.0. The lowest BCUT2D eigenvalue weighted by atomic mass is 9.94. The molecule has 1 aromatic rings. The first-order valence-corrected chi connectivity index (χ1v) is 6.94. The van der Waals surface area contributed by atoms with Crippen LogP contribution >= 0.6 is 11.6 Å². The average Bonchev–Trinajstić information content (AvgIpc) is 2.36. The minimum atomic E-state index is -0.0512. The Balaban J connectivity index is 1.94. The molecular formula is C15H19ClN2O. The number of hydrogen-bond donors (Lipinski definition) is 1. The fourth-order valence-electron chi connectivity index (χ4n) is 2.42. The smallest absolute Gasteiger partial charge is 0.0992 e. The van der Waals surface area contributed by atoms with Crippen molar-refractivity contribution in [3.8, 4) is 6.07 Å². The first-order chi connectivity index (χ1) is 9.00. The van der Waals surface area contributed by atoms with Gasteiger partial charge >= 0.3 is 0 Å². The van der Waals surface area contributed by atoms with Gasteiger partial charge in [-0.3, -0.25) is 0 Å². The van der Waals surface area contributed by atoms with Gasteiger partial charge in [0.1, 0.15) is 0 Å². The quantitative estimate of drug-likeness (QED) is 0.923. The summed E-state index contributed by atoms with van der Waals surface area (Å²) < 4.78 is 5.70. The Morgan fingerprint density at radius 2 is 2.32 bits per heavy atom. The Morgan fingerprint density at radius 3 is 2.95 bits per heavy atom. The van der Waals surface area contributed by atoms with Crippen molar-refractivity contribution < 1.29 is 4.74 Å². The minimum absolute atomic E-state index is 0.0512. The van der Waals surface area contributed by atoms with Crippen LogP contribution in [0.15, 0.2) is 18.2 Å². The maximum Gasteiger partial charge on any atom is 0.0992 e. The van der Waals surface area contributed by atoms with E-state index < -0.39 is 0 Å². The van der Waals surface area contributed by atoms with Gasteiger partial charge in [0.25, 0.3) is 0 Å². The van der Waals surface area contributed by atoms with Gasteiger partial charge in [-0.15, -0.1) is 0 Å². The number of halogens is 1. The van der Waals surface area contributed by atoms with Crippen LogP contribution < -0.4 is 5.32 Å². The number of rotatable bonds is 3. The Bertz CT molecular complexity index is 493. The highest BCUT2D eigenvalue weighted by atomic mass is 35.5. The van der Waals surface area contributed by atoms with E-state index in [9.17, 15) is 0 Å². The van der Waals surface area contributed by atoms with Crippen molar-refractivity contribution in [3.63, 3.8) is 0 Å². The first-order valence-electron chi connectivity index (χ1n) is 6.56. The molecule has 0 amide bonds. The molecule has 19 heavy (non-hydrogen) atoms. The van der Waals surface area contributed by atoms with Crippen LogP contribution in [0.5, 0.6) is 0 Å². The number of nitrogens with one attached hydrogen (secondary N) is 1. The molecule has 1 aliphatic heterocycles. The molecule has 1 fully saturated rings. The van der Waals surface area contributed by atoms with Crippen LogP contribution in [0.4, 0.5) is 0 Å². The molecule has 1 aliphatic rings. The lowest BCUT2D eigenvalue weighted by Gasteiger charge is -2.36. The van der Waals surface area contributed by atoms with Crippen LogP contribution in [0.25, 0.3) is 0 Å². The predicted molar refractivity (Wildman–Crippen MR) is 76.1 cm³/mol. The van der Waals surface area contributed by atoms with Crippen LogP contribution in [-0.4, -0.2) is 18.2 Å². The Kier molecular flexibility index (Phi) is 4.46. The molecule has 1 atom stereocenters. The molecule has 102 valence electrons. The Hall–Kier alpha value is -1.08. The number of nitriles is 1. The van der Waals surface area contributed by atoms with E-state index in [0.29, 0.717) is 16.6 Å². The van der Waals surface area contributed by atoms with Crippen molar-refractivity contribution in [2.24, 2.45) is 0 Å². The summed E-state index contributed by atoms with van der Waals surface area (Å²) in [5.41, 5.74) is 1.58. The minimum Gasteiger partial charge on any atom is -0.375 e. The molecule has 3 nitrogen and oxygen atoms in total. The van der Waals surface area contributed by atoms with E-state index in [1.807, 2.05) is 6.07 Å². The highest BCUT2D eigenvalue weighted by Crippen LogP contribution is 2.25. The van der Waals surface area contributed by atoms with Gasteiger partial charge in [-0.1, -0.05) is 17.7 Å². The van der Waals surface area contributed by atoms with Crippen LogP contribution in [0, 0.1) is 11.3 Å². The van der Waals surface area contributed by atoms with Gasteiger partial charge in [0.05, 0.1) is 17.2 Å². The molecule has 0 bridgehead atoms. The van der Waals surface area contributed by atoms with Crippen molar-refractivity contribution in [2.45, 2.75) is 44.9 Å². The van der Waals surface area contributed by atoms with E-state index in [2.05, 4.69) is 25.2 Å². The van der Waals surface area contributed by atoms with E-state index >= 15 is 0 Å². The van der Waals surface area contributed by atoms with E-state index in [0.717, 1.165) is 31.6 Å². The molecule has 4 heteroatoms. The first kappa shape index (κ1) is 14.3. The normalized spacial score (nSPS) is 21.9. The summed E-state index contributed by atoms with van der Waals surface area (Å²) in [6.45, 7) is 5.77. The molecule has 0 saturated carbocycles. The lowest BCUT2D eigenvalue weighted by Crippen LogP contribution is -2.43. The van der Waals surface area contributed by atoms with E-state index in [-0.39, 0.29) is 5.60 Å². The highest BCUT2D eigenvalue weighted by molar-refractivity contribution is 6.31. The molecule has 0 aliphatic carbocycles. The highest BCUT2D eigenvalue weighted by Gasteiger charge is 2.28. The molecule has 1 heterocycles. The number of nitrogens with zero attached hydrogens (tertiary/aromatic N) is 1. The van der Waals surface area contributed by atoms with Crippen molar-refractivity contribution >= 4 is 11.6 Å². The van der Waals surface area contributed by atoms with Crippen LogP contribution in [0.3, 0.4) is 0 Å². The van der Waals surface area contributed by atoms with Gasteiger partial charge < -0.3 is 10.1 Å². The zero-order valence-corrected chi connectivity index (χ0v) is 12.1. The zero-order valence-electron chi connectivity index (χ0n) is 11.4. The Morgan fingerprint density at radius 1 is 1.53 bits per heavy atom. The summed E-state index contributed by atoms with van der Waals surface area (Å²) in [6, 6.07) is 7.98. The van der Waals surface area contributed by atoms with Gasteiger partial charge in [-0.05, 0) is 44.4 Å². The average molecular weight is 279 g/mol. The zero-order chi connectivity index (χ0) is 13.9. The topological polar surface area (TPSA) is 45.0 Å². The van der Waals surface area contributed by atoms with Crippen molar-refractivity contribution in [3.05, 3.63) is 34.3 Å². The van der Waals surface area contributed by atoms with Gasteiger partial charge in [0.15, 0.2) is 0 Å². The third-order valence-electron chi connectivity index (χ3n) is 3.46. The number of benzene rings is 1. The molecular weight excluding hydrogens is 260 g/mol. The molecule has 2 rings (SSSR count). The third kappa shape index (κ3) is 3.94. The van der Waals surface area contributed by atoms with E-state index in [1.54, 1.807) is 12.1 Å². The predicted octanol–water partition coefficient (Wildman–Crippen LogP) is 3.26. The second kappa shape index (κ2) is 5.92.